The van der Waals surface area contributed by atoms with E-state index in [2.05, 4.69) is 19.9 Å². The van der Waals surface area contributed by atoms with Crippen molar-refractivity contribution in [3.8, 4) is 0 Å². The highest BCUT2D eigenvalue weighted by Crippen LogP contribution is 2.25. The van der Waals surface area contributed by atoms with Gasteiger partial charge in [0, 0.05) is 29.9 Å². The van der Waals surface area contributed by atoms with Crippen molar-refractivity contribution in [3.63, 3.8) is 0 Å². The summed E-state index contributed by atoms with van der Waals surface area (Å²) in [7, 11) is 0. The van der Waals surface area contributed by atoms with Crippen LogP contribution in [0.25, 0.3) is 22.2 Å². The molecule has 0 aliphatic rings. The minimum atomic E-state index is -0.932. The Morgan fingerprint density at radius 3 is 2.60 bits per heavy atom. The molecule has 0 unspecified atom stereocenters. The molecule has 4 aromatic rings. The molecular formula is C18H15F2N5. The van der Waals surface area contributed by atoms with Gasteiger partial charge in [0.05, 0.1) is 6.54 Å². The Kier molecular flexibility index (Phi) is 3.63. The molecule has 1 aromatic carbocycles. The van der Waals surface area contributed by atoms with Crippen LogP contribution in [0.5, 0.6) is 0 Å². The van der Waals surface area contributed by atoms with E-state index in [1.165, 1.54) is 6.20 Å². The molecule has 0 saturated heterocycles. The second kappa shape index (κ2) is 5.84. The molecule has 3 aromatic heterocycles. The van der Waals surface area contributed by atoms with Gasteiger partial charge in [0.25, 0.3) is 0 Å². The fourth-order valence-electron chi connectivity index (χ4n) is 2.99. The van der Waals surface area contributed by atoms with Gasteiger partial charge in [-0.05, 0) is 23.8 Å². The van der Waals surface area contributed by atoms with E-state index in [-0.39, 0.29) is 11.4 Å². The topological polar surface area (TPSA) is 56.5 Å². The normalized spacial score (nSPS) is 11.7. The zero-order valence-corrected chi connectivity index (χ0v) is 13.7. The Balaban J connectivity index is 1.92. The van der Waals surface area contributed by atoms with Crippen LogP contribution in [0.15, 0.2) is 36.8 Å². The molecule has 0 aliphatic heterocycles. The van der Waals surface area contributed by atoms with Gasteiger partial charge in [0.15, 0.2) is 22.9 Å². The lowest BCUT2D eigenvalue weighted by atomic mass is 10.1. The quantitative estimate of drug-likeness (QED) is 0.569. The molecule has 0 aliphatic carbocycles. The maximum absolute atomic E-state index is 14.0. The lowest BCUT2D eigenvalue weighted by molar-refractivity contribution is 0.515. The Morgan fingerprint density at radius 1 is 1.00 bits per heavy atom. The predicted molar refractivity (Wildman–Crippen MR) is 90.2 cm³/mol. The van der Waals surface area contributed by atoms with Crippen LogP contribution in [-0.2, 0) is 6.54 Å². The molecule has 0 saturated carbocycles. The van der Waals surface area contributed by atoms with Crippen LogP contribution < -0.4 is 0 Å². The summed E-state index contributed by atoms with van der Waals surface area (Å²) in [6, 6.07) is 4.47. The summed E-state index contributed by atoms with van der Waals surface area (Å²) >= 11 is 0. The molecule has 126 valence electrons. The van der Waals surface area contributed by atoms with Crippen LogP contribution >= 0.6 is 0 Å². The van der Waals surface area contributed by atoms with Gasteiger partial charge in [-0.15, -0.1) is 0 Å². The summed E-state index contributed by atoms with van der Waals surface area (Å²) in [5.41, 5.74) is 2.08. The van der Waals surface area contributed by atoms with Gasteiger partial charge in [0.2, 0.25) is 0 Å². The van der Waals surface area contributed by atoms with E-state index in [4.69, 9.17) is 0 Å². The molecule has 0 N–H and O–H groups in total. The lowest BCUT2D eigenvalue weighted by Crippen LogP contribution is -2.08. The number of halogens is 2. The van der Waals surface area contributed by atoms with Crippen LogP contribution in [0.2, 0.25) is 0 Å². The maximum atomic E-state index is 14.0. The number of hydrogen-bond donors (Lipinski definition) is 0. The fourth-order valence-corrected chi connectivity index (χ4v) is 2.99. The van der Waals surface area contributed by atoms with Crippen LogP contribution in [0.4, 0.5) is 8.78 Å². The monoisotopic (exact) mass is 339 g/mol. The minimum Gasteiger partial charge on any atom is -0.307 e. The SMILES string of the molecule is CC(C)c1nc2nccnc2n1Cc1ccnc2c(F)c(F)ccc12. The van der Waals surface area contributed by atoms with Crippen molar-refractivity contribution in [2.24, 2.45) is 0 Å². The van der Waals surface area contributed by atoms with Crippen LogP contribution in [0.1, 0.15) is 31.2 Å². The van der Waals surface area contributed by atoms with E-state index in [9.17, 15) is 8.78 Å². The number of benzene rings is 1. The third-order valence-corrected chi connectivity index (χ3v) is 4.15. The standard InChI is InChI=1S/C18H15F2N5/c1-10(2)17-24-16-18(23-8-7-22-16)25(17)9-11-5-6-21-15-12(11)3-4-13(19)14(15)20/h3-8,10H,9H2,1-2H3. The molecule has 0 spiro atoms. The highest BCUT2D eigenvalue weighted by molar-refractivity contribution is 5.82. The number of aromatic nitrogens is 5. The fraction of sp³-hybridized carbons (Fsp3) is 0.222. The third-order valence-electron chi connectivity index (χ3n) is 4.15. The van der Waals surface area contributed by atoms with Gasteiger partial charge in [0.1, 0.15) is 11.3 Å². The van der Waals surface area contributed by atoms with Crippen molar-refractivity contribution in [2.75, 3.05) is 0 Å². The van der Waals surface area contributed by atoms with Gasteiger partial charge >= 0.3 is 0 Å². The van der Waals surface area contributed by atoms with E-state index in [1.807, 2.05) is 18.4 Å². The first-order valence-electron chi connectivity index (χ1n) is 7.95. The zero-order valence-electron chi connectivity index (χ0n) is 13.7. The third kappa shape index (κ3) is 2.52. The zero-order chi connectivity index (χ0) is 17.6. The number of imidazole rings is 1. The first kappa shape index (κ1) is 15.6. The molecule has 0 amide bonds. The predicted octanol–water partition coefficient (Wildman–Crippen LogP) is 3.82. The Labute approximate surface area is 142 Å². The molecule has 3 heterocycles. The van der Waals surface area contributed by atoms with Crippen molar-refractivity contribution >= 4 is 22.2 Å². The van der Waals surface area contributed by atoms with Crippen LogP contribution in [0, 0.1) is 11.6 Å². The number of pyridine rings is 1. The van der Waals surface area contributed by atoms with E-state index in [0.29, 0.717) is 23.2 Å². The van der Waals surface area contributed by atoms with Crippen molar-refractivity contribution in [1.29, 1.82) is 0 Å². The molecule has 0 fully saturated rings. The van der Waals surface area contributed by atoms with Crippen LogP contribution in [-0.4, -0.2) is 24.5 Å². The molecule has 25 heavy (non-hydrogen) atoms. The summed E-state index contributed by atoms with van der Waals surface area (Å²) < 4.78 is 29.5. The smallest absolute Gasteiger partial charge is 0.197 e. The molecular weight excluding hydrogens is 324 g/mol. The van der Waals surface area contributed by atoms with Crippen molar-refractivity contribution < 1.29 is 8.78 Å². The Hall–Kier alpha value is -2.96. The van der Waals surface area contributed by atoms with Crippen LogP contribution in [0.3, 0.4) is 0 Å². The van der Waals surface area contributed by atoms with Crippen molar-refractivity contribution in [2.45, 2.75) is 26.3 Å². The maximum Gasteiger partial charge on any atom is 0.197 e. The van der Waals surface area contributed by atoms with Gasteiger partial charge < -0.3 is 4.57 Å². The van der Waals surface area contributed by atoms with E-state index < -0.39 is 11.6 Å². The molecule has 4 rings (SSSR count). The number of rotatable bonds is 3. The van der Waals surface area contributed by atoms with E-state index in [0.717, 1.165) is 17.5 Å². The summed E-state index contributed by atoms with van der Waals surface area (Å²) in [6.45, 7) is 4.50. The summed E-state index contributed by atoms with van der Waals surface area (Å²) in [6.07, 6.45) is 4.70. The van der Waals surface area contributed by atoms with E-state index in [1.54, 1.807) is 24.5 Å². The summed E-state index contributed by atoms with van der Waals surface area (Å²) in [4.78, 5) is 17.2. The molecule has 5 nitrogen and oxygen atoms in total. The molecule has 0 atom stereocenters. The van der Waals surface area contributed by atoms with E-state index >= 15 is 0 Å². The second-order valence-corrected chi connectivity index (χ2v) is 6.14. The second-order valence-electron chi connectivity index (χ2n) is 6.14. The van der Waals surface area contributed by atoms with Gasteiger partial charge in [-0.25, -0.2) is 23.7 Å². The van der Waals surface area contributed by atoms with Crippen molar-refractivity contribution in [1.82, 2.24) is 24.5 Å². The van der Waals surface area contributed by atoms with Crippen molar-refractivity contribution in [3.05, 3.63) is 59.8 Å². The largest absolute Gasteiger partial charge is 0.307 e. The van der Waals surface area contributed by atoms with Gasteiger partial charge in [-0.3, -0.25) is 4.98 Å². The van der Waals surface area contributed by atoms with Gasteiger partial charge in [-0.2, -0.15) is 0 Å². The van der Waals surface area contributed by atoms with Gasteiger partial charge in [-0.1, -0.05) is 13.8 Å². The summed E-state index contributed by atoms with van der Waals surface area (Å²) in [5, 5.41) is 0.571. The number of fused-ring (bicyclic) bond motifs is 2. The highest BCUT2D eigenvalue weighted by atomic mass is 19.2. The Morgan fingerprint density at radius 2 is 1.80 bits per heavy atom. The first-order chi connectivity index (χ1) is 12.1. The minimum absolute atomic E-state index is 0.0269. The average Bonchev–Trinajstić information content (AvgIpc) is 2.98. The lowest BCUT2D eigenvalue weighted by Gasteiger charge is -2.12. The average molecular weight is 339 g/mol. The number of hydrogen-bond acceptors (Lipinski definition) is 4. The molecule has 0 radical (unpaired) electrons. The summed E-state index contributed by atoms with van der Waals surface area (Å²) in [5.74, 6) is -0.829. The molecule has 7 heteroatoms. The highest BCUT2D eigenvalue weighted by Gasteiger charge is 2.17. The first-order valence-corrected chi connectivity index (χ1v) is 7.95. The molecule has 0 bridgehead atoms. The Bertz CT molecular complexity index is 1090. The number of nitrogens with zero attached hydrogens (tertiary/aromatic N) is 5.